The van der Waals surface area contributed by atoms with Crippen molar-refractivity contribution < 1.29 is 9.47 Å². The molecule has 0 unspecified atom stereocenters. The summed E-state index contributed by atoms with van der Waals surface area (Å²) in [5.74, 6) is 0. The van der Waals surface area contributed by atoms with Crippen LogP contribution in [-0.4, -0.2) is 13.2 Å². The van der Waals surface area contributed by atoms with Gasteiger partial charge in [0.2, 0.25) is 0 Å². The Labute approximate surface area is 77.3 Å². The molecule has 0 spiro atoms. The molecule has 0 rings (SSSR count). The van der Waals surface area contributed by atoms with E-state index in [1.54, 1.807) is 0 Å². The van der Waals surface area contributed by atoms with Gasteiger partial charge in [0.05, 0.1) is 0 Å². The molecule has 0 bridgehead atoms. The maximum Gasteiger partial charge on any atom is 0.0110 e. The Bertz CT molecular complexity index is 44.9. The average Bonchev–Trinajstić information content (AvgIpc) is 2.12. The molecule has 0 heterocycles. The summed E-state index contributed by atoms with van der Waals surface area (Å²) < 4.78 is 9.06. The van der Waals surface area contributed by atoms with Crippen LogP contribution in [0.25, 0.3) is 0 Å². The third-order valence-corrected chi connectivity index (χ3v) is 1.28. The van der Waals surface area contributed by atoms with Gasteiger partial charge >= 0.3 is 0 Å². The van der Waals surface area contributed by atoms with Crippen molar-refractivity contribution in [2.75, 3.05) is 13.2 Å². The summed E-state index contributed by atoms with van der Waals surface area (Å²) in [6.07, 6.45) is 4.64. The molecule has 0 aliphatic carbocycles. The van der Waals surface area contributed by atoms with E-state index in [1.807, 2.05) is 0 Å². The molecule has 0 radical (unpaired) electrons. The van der Waals surface area contributed by atoms with Crippen molar-refractivity contribution in [1.29, 1.82) is 0 Å². The first-order chi connectivity index (χ1) is 5.83. The second kappa shape index (κ2) is 22.4. The summed E-state index contributed by atoms with van der Waals surface area (Å²) in [4.78, 5) is 0. The Morgan fingerprint density at radius 3 is 1.23 bits per heavy atom. The third kappa shape index (κ3) is 35.9. The van der Waals surface area contributed by atoms with Gasteiger partial charge in [-0.05, 0) is 12.8 Å². The van der Waals surface area contributed by atoms with E-state index in [0.29, 0.717) is 0 Å². The molecule has 0 atom stereocenters. The summed E-state index contributed by atoms with van der Waals surface area (Å²) in [7, 11) is 6.45. The molecule has 2 nitrogen and oxygen atoms in total. The minimum atomic E-state index is 0. The third-order valence-electron chi connectivity index (χ3n) is 1.28. The quantitative estimate of drug-likeness (QED) is 0.466. The molecule has 3 heteroatoms. The fourth-order valence-electron chi connectivity index (χ4n) is 0.493. The van der Waals surface area contributed by atoms with Gasteiger partial charge in [0.25, 0.3) is 0 Å². The molecule has 0 saturated carbocycles. The standard InChI is InChI=1S/2C5H11O.Rf/c2*1-3-4-5-6-2;/h2*2-5H2,1H3;/q2*-1;. The number of hydrogen-bond donors (Lipinski definition) is 0. The predicted octanol–water partition coefficient (Wildman–Crippen LogP) is 3.19. The zero-order chi connectivity index (χ0) is 9.66. The maximum absolute atomic E-state index is 4.53. The number of ether oxygens (including phenoxy) is 2. The Hall–Kier alpha value is -1.08. The molecule has 0 aromatic rings. The van der Waals surface area contributed by atoms with Crippen LogP contribution in [0.2, 0.25) is 0 Å². The smallest absolute Gasteiger partial charge is 0.0110 e. The van der Waals surface area contributed by atoms with Gasteiger partial charge in [-0.2, -0.15) is 0 Å². The van der Waals surface area contributed by atoms with Gasteiger partial charge in [0.15, 0.2) is 0 Å². The molecule has 0 N–H and O–H groups in total. The molecule has 13 heavy (non-hydrogen) atoms. The van der Waals surface area contributed by atoms with E-state index in [0.717, 1.165) is 26.1 Å². The number of hydrogen-bond acceptors (Lipinski definition) is 2. The second-order valence-corrected chi connectivity index (χ2v) is 2.52. The summed E-state index contributed by atoms with van der Waals surface area (Å²) in [6, 6.07) is 0. The molecule has 0 fully saturated rings. The van der Waals surface area contributed by atoms with Gasteiger partial charge in [-0.3, -0.25) is 0 Å². The van der Waals surface area contributed by atoms with E-state index in [4.69, 9.17) is 0 Å². The van der Waals surface area contributed by atoms with E-state index < -0.39 is 0 Å². The van der Waals surface area contributed by atoms with E-state index in [2.05, 4.69) is 37.5 Å². The molecule has 78 valence electrons. The minimum absolute atomic E-state index is 0. The fraction of sp³-hybridized carbons (Fsp3) is 0.800. The van der Waals surface area contributed by atoms with Crippen LogP contribution in [0, 0.1) is 14.2 Å². The van der Waals surface area contributed by atoms with Crippen LogP contribution in [0.3, 0.4) is 0 Å². The normalized spacial score (nSPS) is 8.31. The number of rotatable bonds is 6. The average molecular weight is 441 g/mol. The van der Waals surface area contributed by atoms with Crippen LogP contribution < -0.4 is 0 Å². The first-order valence-corrected chi connectivity index (χ1v) is 4.57. The fourth-order valence-corrected chi connectivity index (χ4v) is 0.493. The molecule has 0 aliphatic rings. The molecular weight excluding hydrogens is 419 g/mol. The van der Waals surface area contributed by atoms with Crippen molar-refractivity contribution in [3.05, 3.63) is 14.2 Å². The Morgan fingerprint density at radius 1 is 0.846 bits per heavy atom. The van der Waals surface area contributed by atoms with Gasteiger partial charge in [-0.25, -0.2) is 14.2 Å². The largest absolute Gasteiger partial charge is 0.555 e. The van der Waals surface area contributed by atoms with Crippen LogP contribution in [0.1, 0.15) is 39.5 Å². The second-order valence-electron chi connectivity index (χ2n) is 2.52. The molecule has 0 amide bonds. The zero-order valence-corrected chi connectivity index (χ0v) is 15.6. The van der Waals surface area contributed by atoms with Crippen LogP contribution in [-0.2, 0) is 9.47 Å². The van der Waals surface area contributed by atoms with E-state index >= 15 is 0 Å². The van der Waals surface area contributed by atoms with Gasteiger partial charge in [-0.1, -0.05) is 26.7 Å². The van der Waals surface area contributed by atoms with Gasteiger partial charge in [-0.15, -0.1) is 0 Å². The Kier molecular flexibility index (Phi) is 30.8. The zero-order valence-electron chi connectivity index (χ0n) is 9.18. The van der Waals surface area contributed by atoms with Crippen LogP contribution in [0.4, 0.5) is 0 Å². The van der Waals surface area contributed by atoms with Crippen molar-refractivity contribution in [3.8, 4) is 0 Å². The van der Waals surface area contributed by atoms with Crippen LogP contribution in [0.15, 0.2) is 0 Å². The van der Waals surface area contributed by atoms with Gasteiger partial charge in [0.1, 0.15) is 0 Å². The summed E-state index contributed by atoms with van der Waals surface area (Å²) >= 11 is 0. The predicted molar refractivity (Wildman–Crippen MR) is 52.4 cm³/mol. The molecule has 0 saturated heterocycles. The summed E-state index contributed by atoms with van der Waals surface area (Å²) in [6.45, 7) is 5.85. The van der Waals surface area contributed by atoms with Crippen molar-refractivity contribution in [2.24, 2.45) is 0 Å². The molecular formula is C10H22O2Rf-2. The first kappa shape index (κ1) is 17.9. The first-order valence-electron chi connectivity index (χ1n) is 4.57. The SMILES string of the molecule is [CH2-]OCCCC.[CH2-]OCCCC.[Rf]. The molecule has 0 aliphatic heterocycles. The Morgan fingerprint density at radius 2 is 1.15 bits per heavy atom. The van der Waals surface area contributed by atoms with Crippen molar-refractivity contribution in [2.45, 2.75) is 39.5 Å². The number of unbranched alkanes of at least 4 members (excludes halogenated alkanes) is 2. The molecule has 0 aromatic carbocycles. The monoisotopic (exact) mass is 441 g/mol. The summed E-state index contributed by atoms with van der Waals surface area (Å²) in [5, 5.41) is 0. The minimum Gasteiger partial charge on any atom is -0.555 e. The van der Waals surface area contributed by atoms with Crippen molar-refractivity contribution in [1.82, 2.24) is 0 Å². The van der Waals surface area contributed by atoms with Gasteiger partial charge < -0.3 is 9.47 Å². The van der Waals surface area contributed by atoms with Crippen molar-refractivity contribution in [3.63, 3.8) is 0 Å². The van der Waals surface area contributed by atoms with Gasteiger partial charge in [0, 0.05) is 13.2 Å². The van der Waals surface area contributed by atoms with E-state index in [1.165, 1.54) is 12.8 Å². The topological polar surface area (TPSA) is 18.5 Å². The summed E-state index contributed by atoms with van der Waals surface area (Å²) in [5.41, 5.74) is 0. The van der Waals surface area contributed by atoms with E-state index in [-0.39, 0.29) is 0 Å². The maximum atomic E-state index is 4.53. The Balaban J connectivity index is -0.000000143. The van der Waals surface area contributed by atoms with E-state index in [9.17, 15) is 0 Å². The van der Waals surface area contributed by atoms with Crippen molar-refractivity contribution >= 4 is 0 Å². The molecule has 0 aromatic heterocycles. The van der Waals surface area contributed by atoms with Crippen LogP contribution >= 0.6 is 0 Å². The van der Waals surface area contributed by atoms with Crippen LogP contribution in [0.5, 0.6) is 0 Å².